The molecule has 5 nitrogen and oxygen atoms in total. The number of ether oxygens (including phenoxy) is 1. The Morgan fingerprint density at radius 1 is 1.12 bits per heavy atom. The number of benzene rings is 1. The van der Waals surface area contributed by atoms with Gasteiger partial charge < -0.3 is 17.6 Å². The molecule has 17 heavy (non-hydrogen) atoms. The average Bonchev–Trinajstić information content (AvgIpc) is 2.27. The van der Waals surface area contributed by atoms with Crippen molar-refractivity contribution < 1.29 is 40.1 Å². The predicted octanol–water partition coefficient (Wildman–Crippen LogP) is -1.31. The van der Waals surface area contributed by atoms with Crippen LogP contribution in [0.5, 0.6) is 11.6 Å². The van der Waals surface area contributed by atoms with E-state index in [1.54, 1.807) is 24.3 Å². The van der Waals surface area contributed by atoms with Crippen LogP contribution in [0.15, 0.2) is 30.3 Å². The first-order chi connectivity index (χ1) is 7.66. The number of nitrogen functional groups attached to an aromatic ring is 2. The molecule has 4 N–H and O–H groups in total. The van der Waals surface area contributed by atoms with Crippen molar-refractivity contribution in [2.24, 2.45) is 0 Å². The van der Waals surface area contributed by atoms with E-state index < -0.39 is 5.82 Å². The third-order valence-electron chi connectivity index (χ3n) is 1.82. The fourth-order valence-electron chi connectivity index (χ4n) is 1.13. The van der Waals surface area contributed by atoms with Crippen molar-refractivity contribution in [1.82, 2.24) is 9.97 Å². The smallest absolute Gasteiger partial charge is 1.00 e. The molecule has 1 aromatic heterocycles. The summed E-state index contributed by atoms with van der Waals surface area (Å²) in [5, 5.41) is 0. The van der Waals surface area contributed by atoms with Crippen LogP contribution < -0.4 is 45.8 Å². The summed E-state index contributed by atoms with van der Waals surface area (Å²) in [5.74, 6) is -1.13. The molecule has 0 atom stereocenters. The largest absolute Gasteiger partial charge is 1.00 e. The Bertz CT molecular complexity index is 515. The van der Waals surface area contributed by atoms with E-state index in [2.05, 4.69) is 9.97 Å². The van der Waals surface area contributed by atoms with Crippen LogP contribution in [0.1, 0.15) is 1.43 Å². The number of rotatable bonds is 2. The van der Waals surface area contributed by atoms with E-state index in [1.807, 2.05) is 6.07 Å². The summed E-state index contributed by atoms with van der Waals surface area (Å²) in [6, 6.07) is 8.63. The summed E-state index contributed by atoms with van der Waals surface area (Å²) < 4.78 is 18.6. The van der Waals surface area contributed by atoms with Crippen LogP contribution in [-0.4, -0.2) is 9.97 Å². The number of nitrogens with zero attached hydrogens (tertiary/aromatic N) is 2. The van der Waals surface area contributed by atoms with E-state index in [0.717, 1.165) is 0 Å². The zero-order valence-electron chi connectivity index (χ0n) is 10.2. The second-order valence-electron chi connectivity index (χ2n) is 3.00. The van der Waals surface area contributed by atoms with Gasteiger partial charge in [-0.05, 0) is 12.1 Å². The van der Waals surface area contributed by atoms with Crippen molar-refractivity contribution in [3.8, 4) is 11.6 Å². The molecule has 1 aromatic carbocycles. The van der Waals surface area contributed by atoms with Gasteiger partial charge >= 0.3 is 29.6 Å². The third kappa shape index (κ3) is 3.29. The van der Waals surface area contributed by atoms with Crippen molar-refractivity contribution in [3.05, 3.63) is 36.1 Å². The third-order valence-corrected chi connectivity index (χ3v) is 1.82. The minimum Gasteiger partial charge on any atom is -1.00 e. The van der Waals surface area contributed by atoms with Crippen LogP contribution in [-0.2, 0) is 0 Å². The number of anilines is 2. The molecular weight excluding hydrogens is 234 g/mol. The van der Waals surface area contributed by atoms with Gasteiger partial charge in [-0.25, -0.2) is 0 Å². The van der Waals surface area contributed by atoms with Gasteiger partial charge in [-0.2, -0.15) is 14.4 Å². The number of para-hydroxylation sites is 1. The van der Waals surface area contributed by atoms with Gasteiger partial charge in [-0.1, -0.05) is 18.2 Å². The van der Waals surface area contributed by atoms with Gasteiger partial charge in [0.25, 0.3) is 5.88 Å². The van der Waals surface area contributed by atoms with Gasteiger partial charge in [0, 0.05) is 0 Å². The molecule has 0 saturated heterocycles. The Labute approximate surface area is 121 Å². The van der Waals surface area contributed by atoms with Crippen molar-refractivity contribution in [2.45, 2.75) is 0 Å². The molecule has 84 valence electrons. The first kappa shape index (κ1) is 13.7. The number of hydrogen-bond acceptors (Lipinski definition) is 5. The van der Waals surface area contributed by atoms with Gasteiger partial charge in [0.1, 0.15) is 5.75 Å². The first-order valence-electron chi connectivity index (χ1n) is 4.48. The molecule has 0 unspecified atom stereocenters. The summed E-state index contributed by atoms with van der Waals surface area (Å²) in [4.78, 5) is 7.08. The Morgan fingerprint density at radius 3 is 2.41 bits per heavy atom. The monoisotopic (exact) mass is 244 g/mol. The predicted molar refractivity (Wildman–Crippen MR) is 58.4 cm³/mol. The number of halogens is 1. The Morgan fingerprint density at radius 2 is 1.76 bits per heavy atom. The van der Waals surface area contributed by atoms with E-state index in [0.29, 0.717) is 5.75 Å². The molecule has 7 heteroatoms. The van der Waals surface area contributed by atoms with E-state index in [9.17, 15) is 4.39 Å². The molecule has 2 aromatic rings. The minimum absolute atomic E-state index is 0. The maximum atomic E-state index is 13.4. The topological polar surface area (TPSA) is 87.0 Å². The molecule has 0 bridgehead atoms. The quantitative estimate of drug-likeness (QED) is 0.640. The SMILES string of the molecule is Nc1nc(N)c(F)c(Oc2ccccc2)n1.[H-].[Na+]. The van der Waals surface area contributed by atoms with Crippen LogP contribution in [0.2, 0.25) is 0 Å². The summed E-state index contributed by atoms with van der Waals surface area (Å²) in [6.45, 7) is 0. The standard InChI is InChI=1S/C10H9FN4O.Na.H/c11-7-8(12)14-10(13)15-9(7)16-6-4-2-1-3-5-6;;/h1-5H,(H4,12,13,14,15);;/q;+1;-1. The van der Waals surface area contributed by atoms with Crippen LogP contribution in [0.3, 0.4) is 0 Å². The van der Waals surface area contributed by atoms with Crippen molar-refractivity contribution >= 4 is 11.8 Å². The van der Waals surface area contributed by atoms with E-state index >= 15 is 0 Å². The number of aromatic nitrogens is 2. The Kier molecular flexibility index (Phi) is 4.68. The Balaban J connectivity index is 0.00000144. The Hall–Kier alpha value is -1.37. The molecule has 0 fully saturated rings. The van der Waals surface area contributed by atoms with Crippen LogP contribution in [0.25, 0.3) is 0 Å². The van der Waals surface area contributed by atoms with E-state index in [1.165, 1.54) is 0 Å². The van der Waals surface area contributed by atoms with Gasteiger partial charge in [0.15, 0.2) is 5.82 Å². The van der Waals surface area contributed by atoms with Gasteiger partial charge in [-0.15, -0.1) is 0 Å². The molecule has 2 rings (SSSR count). The van der Waals surface area contributed by atoms with E-state index in [-0.39, 0.29) is 48.6 Å². The molecule has 0 aliphatic heterocycles. The summed E-state index contributed by atoms with van der Waals surface area (Å²) >= 11 is 0. The van der Waals surface area contributed by atoms with Gasteiger partial charge in [0.05, 0.1) is 0 Å². The number of hydrogen-bond donors (Lipinski definition) is 2. The molecular formula is C10H10FN4NaO. The molecule has 0 saturated carbocycles. The first-order valence-corrected chi connectivity index (χ1v) is 4.48. The normalized spacial score (nSPS) is 9.47. The molecule has 0 aliphatic rings. The van der Waals surface area contributed by atoms with Crippen LogP contribution in [0, 0.1) is 5.82 Å². The van der Waals surface area contributed by atoms with Crippen molar-refractivity contribution in [1.29, 1.82) is 0 Å². The van der Waals surface area contributed by atoms with Crippen molar-refractivity contribution in [2.75, 3.05) is 11.5 Å². The van der Waals surface area contributed by atoms with Crippen LogP contribution >= 0.6 is 0 Å². The molecule has 0 amide bonds. The average molecular weight is 244 g/mol. The molecule has 0 aliphatic carbocycles. The van der Waals surface area contributed by atoms with Gasteiger partial charge in [-0.3, -0.25) is 0 Å². The zero-order chi connectivity index (χ0) is 11.5. The molecule has 0 radical (unpaired) electrons. The molecule has 0 spiro atoms. The second-order valence-corrected chi connectivity index (χ2v) is 3.00. The van der Waals surface area contributed by atoms with Gasteiger partial charge in [0.2, 0.25) is 11.8 Å². The zero-order valence-corrected chi connectivity index (χ0v) is 11.2. The van der Waals surface area contributed by atoms with Crippen LogP contribution in [0.4, 0.5) is 16.2 Å². The fourth-order valence-corrected chi connectivity index (χ4v) is 1.13. The maximum Gasteiger partial charge on any atom is 1.00 e. The summed E-state index contributed by atoms with van der Waals surface area (Å²) in [7, 11) is 0. The summed E-state index contributed by atoms with van der Waals surface area (Å²) in [6.07, 6.45) is 0. The fraction of sp³-hybridized carbons (Fsp3) is 0. The second kappa shape index (κ2) is 5.81. The number of nitrogens with two attached hydrogens (primary N) is 2. The maximum absolute atomic E-state index is 13.4. The van der Waals surface area contributed by atoms with Crippen molar-refractivity contribution in [3.63, 3.8) is 0 Å². The summed E-state index contributed by atoms with van der Waals surface area (Å²) in [5.41, 5.74) is 10.6. The molecule has 1 heterocycles. The minimum atomic E-state index is -0.821. The van der Waals surface area contributed by atoms with E-state index in [4.69, 9.17) is 16.2 Å².